The van der Waals surface area contributed by atoms with Crippen molar-refractivity contribution in [2.24, 2.45) is 0 Å². The molecule has 2 aromatic carbocycles. The number of hydrogen-bond donors (Lipinski definition) is 1. The summed E-state index contributed by atoms with van der Waals surface area (Å²) in [6.07, 6.45) is 3.01. The van der Waals surface area contributed by atoms with E-state index in [2.05, 4.69) is 15.0 Å². The van der Waals surface area contributed by atoms with Crippen LogP contribution < -0.4 is 11.3 Å². The third kappa shape index (κ3) is 3.07. The second-order valence-electron chi connectivity index (χ2n) is 6.83. The number of para-hydroxylation sites is 1. The zero-order chi connectivity index (χ0) is 20.7. The predicted molar refractivity (Wildman–Crippen MR) is 115 cm³/mol. The van der Waals surface area contributed by atoms with E-state index in [1.54, 1.807) is 27.6 Å². The van der Waals surface area contributed by atoms with Crippen LogP contribution in [-0.4, -0.2) is 29.1 Å². The topological polar surface area (TPSA) is 105 Å². The lowest BCUT2D eigenvalue weighted by Crippen LogP contribution is -2.27. The van der Waals surface area contributed by atoms with Crippen LogP contribution in [0.4, 0.5) is 5.82 Å². The van der Waals surface area contributed by atoms with Crippen LogP contribution in [0.15, 0.2) is 66.0 Å². The van der Waals surface area contributed by atoms with Crippen LogP contribution in [0.3, 0.4) is 0 Å². The molecule has 0 aliphatic rings. The number of nitrogen functional groups attached to an aromatic ring is 1. The third-order valence-corrected chi connectivity index (χ3v) is 5.34. The summed E-state index contributed by atoms with van der Waals surface area (Å²) >= 11 is 6.35. The molecule has 30 heavy (non-hydrogen) atoms. The van der Waals surface area contributed by atoms with Crippen molar-refractivity contribution in [2.45, 2.75) is 13.1 Å². The second-order valence-corrected chi connectivity index (χ2v) is 7.24. The van der Waals surface area contributed by atoms with E-state index in [1.807, 2.05) is 36.4 Å². The molecule has 0 spiro atoms. The van der Waals surface area contributed by atoms with Gasteiger partial charge in [0.25, 0.3) is 5.56 Å². The van der Waals surface area contributed by atoms with Crippen molar-refractivity contribution in [3.63, 3.8) is 0 Å². The first-order valence-electron chi connectivity index (χ1n) is 9.25. The van der Waals surface area contributed by atoms with E-state index in [-0.39, 0.29) is 12.1 Å². The van der Waals surface area contributed by atoms with E-state index >= 15 is 0 Å². The zero-order valence-corrected chi connectivity index (χ0v) is 16.5. The van der Waals surface area contributed by atoms with Crippen LogP contribution in [0.1, 0.15) is 11.4 Å². The number of halogens is 1. The standard InChI is InChI=1S/C21H16ClN7O/c22-15-7-3-1-5-13(15)9-29-17(27-16-8-4-2-6-14(16)21(29)30)10-28-12-26-18-19(23)24-11-25-20(18)28/h1-8,11-12H,9-10H2,(H2,23,24,25). The van der Waals surface area contributed by atoms with Gasteiger partial charge in [-0.05, 0) is 23.8 Å². The highest BCUT2D eigenvalue weighted by Crippen LogP contribution is 2.19. The van der Waals surface area contributed by atoms with Gasteiger partial charge >= 0.3 is 0 Å². The van der Waals surface area contributed by atoms with Crippen LogP contribution in [0.2, 0.25) is 5.02 Å². The fourth-order valence-corrected chi connectivity index (χ4v) is 3.66. The van der Waals surface area contributed by atoms with Gasteiger partial charge in [-0.3, -0.25) is 9.36 Å². The summed E-state index contributed by atoms with van der Waals surface area (Å²) in [5.74, 6) is 0.869. The van der Waals surface area contributed by atoms with E-state index in [0.29, 0.717) is 45.3 Å². The molecule has 0 amide bonds. The van der Waals surface area contributed by atoms with Gasteiger partial charge in [0.2, 0.25) is 0 Å². The van der Waals surface area contributed by atoms with E-state index in [1.165, 1.54) is 6.33 Å². The summed E-state index contributed by atoms with van der Waals surface area (Å²) in [4.78, 5) is 30.6. The molecule has 5 rings (SSSR count). The monoisotopic (exact) mass is 417 g/mol. The van der Waals surface area contributed by atoms with Crippen molar-refractivity contribution in [1.82, 2.24) is 29.1 Å². The zero-order valence-electron chi connectivity index (χ0n) is 15.7. The molecule has 8 nitrogen and oxygen atoms in total. The van der Waals surface area contributed by atoms with Gasteiger partial charge in [-0.25, -0.2) is 19.9 Å². The molecule has 148 valence electrons. The Bertz CT molecular complexity index is 1460. The van der Waals surface area contributed by atoms with Crippen LogP contribution >= 0.6 is 11.6 Å². The highest BCUT2D eigenvalue weighted by atomic mass is 35.5. The van der Waals surface area contributed by atoms with Crippen molar-refractivity contribution in [1.29, 1.82) is 0 Å². The summed E-state index contributed by atoms with van der Waals surface area (Å²) in [6.45, 7) is 0.590. The van der Waals surface area contributed by atoms with Gasteiger partial charge in [-0.15, -0.1) is 0 Å². The van der Waals surface area contributed by atoms with E-state index in [0.717, 1.165) is 5.56 Å². The first-order valence-corrected chi connectivity index (χ1v) is 9.63. The molecule has 0 saturated carbocycles. The summed E-state index contributed by atoms with van der Waals surface area (Å²) < 4.78 is 3.44. The number of rotatable bonds is 4. The van der Waals surface area contributed by atoms with Crippen molar-refractivity contribution in [3.05, 3.63) is 87.9 Å². The number of aromatic nitrogens is 6. The van der Waals surface area contributed by atoms with Crippen molar-refractivity contribution < 1.29 is 0 Å². The van der Waals surface area contributed by atoms with Crippen molar-refractivity contribution >= 4 is 39.5 Å². The van der Waals surface area contributed by atoms with Crippen molar-refractivity contribution in [3.8, 4) is 0 Å². The second kappa shape index (κ2) is 7.23. The lowest BCUT2D eigenvalue weighted by atomic mass is 10.2. The molecular weight excluding hydrogens is 402 g/mol. The third-order valence-electron chi connectivity index (χ3n) is 4.97. The summed E-state index contributed by atoms with van der Waals surface area (Å²) in [6, 6.07) is 14.7. The van der Waals surface area contributed by atoms with Crippen LogP contribution in [0.5, 0.6) is 0 Å². The molecule has 0 bridgehead atoms. The summed E-state index contributed by atoms with van der Waals surface area (Å²) in [5.41, 5.74) is 8.32. The Balaban J connectivity index is 1.69. The highest BCUT2D eigenvalue weighted by Gasteiger charge is 2.15. The minimum atomic E-state index is -0.130. The first kappa shape index (κ1) is 18.3. The summed E-state index contributed by atoms with van der Waals surface area (Å²) in [7, 11) is 0. The van der Waals surface area contributed by atoms with Crippen LogP contribution in [0.25, 0.3) is 22.1 Å². The minimum absolute atomic E-state index is 0.130. The SMILES string of the molecule is Nc1ncnc2c1ncn2Cc1nc2ccccc2c(=O)n1Cc1ccccc1Cl. The number of benzene rings is 2. The fourth-order valence-electron chi connectivity index (χ4n) is 3.46. The van der Waals surface area contributed by atoms with Gasteiger partial charge in [0.05, 0.1) is 30.3 Å². The fraction of sp³-hybridized carbons (Fsp3) is 0.0952. The maximum absolute atomic E-state index is 13.3. The molecule has 9 heteroatoms. The lowest BCUT2D eigenvalue weighted by molar-refractivity contribution is 0.640. The Morgan fingerprint density at radius 3 is 2.63 bits per heavy atom. The molecule has 5 aromatic rings. The van der Waals surface area contributed by atoms with Gasteiger partial charge in [0.15, 0.2) is 11.5 Å². The molecule has 0 aliphatic carbocycles. The number of fused-ring (bicyclic) bond motifs is 2. The highest BCUT2D eigenvalue weighted by molar-refractivity contribution is 6.31. The normalized spacial score (nSPS) is 11.4. The minimum Gasteiger partial charge on any atom is -0.382 e. The molecule has 0 radical (unpaired) electrons. The van der Waals surface area contributed by atoms with Crippen LogP contribution in [-0.2, 0) is 13.1 Å². The number of hydrogen-bond acceptors (Lipinski definition) is 6. The molecule has 3 heterocycles. The quantitative estimate of drug-likeness (QED) is 0.482. The van der Waals surface area contributed by atoms with Gasteiger partial charge in [0, 0.05) is 5.02 Å². The molecule has 0 unspecified atom stereocenters. The Labute approximate surface area is 175 Å². The maximum Gasteiger partial charge on any atom is 0.261 e. The van der Waals surface area contributed by atoms with Gasteiger partial charge < -0.3 is 10.3 Å². The molecule has 2 N–H and O–H groups in total. The average Bonchev–Trinajstić information content (AvgIpc) is 3.16. The Morgan fingerprint density at radius 2 is 1.77 bits per heavy atom. The molecule has 0 saturated heterocycles. The van der Waals surface area contributed by atoms with Gasteiger partial charge in [0.1, 0.15) is 17.7 Å². The Kier molecular flexibility index (Phi) is 4.40. The number of anilines is 1. The molecular formula is C21H16ClN7O. The van der Waals surface area contributed by atoms with Crippen LogP contribution in [0, 0.1) is 0 Å². The average molecular weight is 418 g/mol. The summed E-state index contributed by atoms with van der Waals surface area (Å²) in [5, 5.41) is 1.15. The molecule has 3 aromatic heterocycles. The molecule has 0 fully saturated rings. The lowest BCUT2D eigenvalue weighted by Gasteiger charge is -2.15. The largest absolute Gasteiger partial charge is 0.382 e. The van der Waals surface area contributed by atoms with Gasteiger partial charge in [-0.1, -0.05) is 41.9 Å². The number of nitrogens with zero attached hydrogens (tertiary/aromatic N) is 6. The molecule has 0 atom stereocenters. The first-order chi connectivity index (χ1) is 14.6. The predicted octanol–water partition coefficient (Wildman–Crippen LogP) is 2.87. The Morgan fingerprint density at radius 1 is 0.967 bits per heavy atom. The van der Waals surface area contributed by atoms with Crippen molar-refractivity contribution in [2.75, 3.05) is 5.73 Å². The van der Waals surface area contributed by atoms with E-state index in [9.17, 15) is 4.79 Å². The smallest absolute Gasteiger partial charge is 0.261 e. The number of imidazole rings is 1. The Hall–Kier alpha value is -3.78. The molecule has 0 aliphatic heterocycles. The van der Waals surface area contributed by atoms with E-state index in [4.69, 9.17) is 22.3 Å². The van der Waals surface area contributed by atoms with E-state index < -0.39 is 0 Å². The maximum atomic E-state index is 13.3. The number of nitrogens with two attached hydrogens (primary N) is 1. The van der Waals surface area contributed by atoms with Gasteiger partial charge in [-0.2, -0.15) is 0 Å².